The summed E-state index contributed by atoms with van der Waals surface area (Å²) in [4.78, 5) is 0. The van der Waals surface area contributed by atoms with Crippen LogP contribution in [0.3, 0.4) is 0 Å². The number of rotatable bonds is 4. The molecule has 0 radical (unpaired) electrons. The van der Waals surface area contributed by atoms with Crippen molar-refractivity contribution in [3.05, 3.63) is 12.3 Å². The first kappa shape index (κ1) is 10.5. The lowest BCUT2D eigenvalue weighted by molar-refractivity contribution is 0.264. The maximum Gasteiger partial charge on any atom is 0.0278 e. The molecule has 0 heterocycles. The van der Waals surface area contributed by atoms with Crippen LogP contribution in [0.15, 0.2) is 12.3 Å². The van der Waals surface area contributed by atoms with Crippen molar-refractivity contribution in [1.29, 1.82) is 0 Å². The predicted molar refractivity (Wildman–Crippen MR) is 51.5 cm³/mol. The molecule has 0 aromatic rings. The van der Waals surface area contributed by atoms with Gasteiger partial charge in [0.2, 0.25) is 0 Å². The molecule has 0 rings (SSSR count). The number of nitrogens with one attached hydrogen (secondary N) is 1. The van der Waals surface area contributed by atoms with Gasteiger partial charge in [-0.25, -0.2) is 0 Å². The van der Waals surface area contributed by atoms with Crippen molar-refractivity contribution < 1.29 is 0 Å². The summed E-state index contributed by atoms with van der Waals surface area (Å²) in [6, 6.07) is 0.545. The van der Waals surface area contributed by atoms with Crippen molar-refractivity contribution in [2.24, 2.45) is 5.41 Å². The van der Waals surface area contributed by atoms with Gasteiger partial charge in [0.1, 0.15) is 0 Å². The fourth-order valence-electron chi connectivity index (χ4n) is 0.772. The first-order valence-corrected chi connectivity index (χ1v) is 4.41. The average Bonchev–Trinajstić information content (AvgIpc) is 2.00. The van der Waals surface area contributed by atoms with E-state index in [1.807, 2.05) is 19.2 Å². The van der Waals surface area contributed by atoms with E-state index < -0.39 is 0 Å². The van der Waals surface area contributed by atoms with E-state index in [1.165, 1.54) is 6.42 Å². The quantitative estimate of drug-likeness (QED) is 0.658. The van der Waals surface area contributed by atoms with E-state index in [0.717, 1.165) is 0 Å². The average molecular weight is 155 g/mol. The van der Waals surface area contributed by atoms with Crippen molar-refractivity contribution in [2.75, 3.05) is 0 Å². The number of hydrogen-bond donors (Lipinski definition) is 1. The lowest BCUT2D eigenvalue weighted by atomic mass is 9.83. The third kappa shape index (κ3) is 3.45. The van der Waals surface area contributed by atoms with Gasteiger partial charge in [-0.05, 0) is 31.9 Å². The van der Waals surface area contributed by atoms with E-state index in [2.05, 4.69) is 33.0 Å². The zero-order valence-corrected chi connectivity index (χ0v) is 8.44. The molecule has 0 aromatic heterocycles. The molecule has 66 valence electrons. The fraction of sp³-hybridized carbons (Fsp3) is 0.800. The molecule has 1 heteroatoms. The molecule has 0 fully saturated rings. The Hall–Kier alpha value is -0.460. The van der Waals surface area contributed by atoms with E-state index in [4.69, 9.17) is 0 Å². The highest BCUT2D eigenvalue weighted by molar-refractivity contribution is 4.85. The zero-order chi connectivity index (χ0) is 8.91. The molecule has 1 unspecified atom stereocenters. The molecule has 0 saturated heterocycles. The highest BCUT2D eigenvalue weighted by Gasteiger charge is 2.21. The summed E-state index contributed by atoms with van der Waals surface area (Å²) < 4.78 is 0. The minimum absolute atomic E-state index is 0.388. The fourth-order valence-corrected chi connectivity index (χ4v) is 0.772. The standard InChI is InChI=1S/C10H21N/c1-6-8-11-9(3)10(4,5)7-2/h6,8-9,11H,7H2,1-5H3. The summed E-state index contributed by atoms with van der Waals surface area (Å²) in [6.45, 7) is 11.1. The van der Waals surface area contributed by atoms with E-state index in [9.17, 15) is 0 Å². The summed E-state index contributed by atoms with van der Waals surface area (Å²) >= 11 is 0. The Morgan fingerprint density at radius 3 is 2.36 bits per heavy atom. The maximum atomic E-state index is 3.34. The van der Waals surface area contributed by atoms with Crippen LogP contribution in [0.2, 0.25) is 0 Å². The molecule has 0 saturated carbocycles. The highest BCUT2D eigenvalue weighted by Crippen LogP contribution is 2.24. The molecule has 0 aliphatic carbocycles. The molecular formula is C10H21N. The topological polar surface area (TPSA) is 12.0 Å². The monoisotopic (exact) mass is 155 g/mol. The predicted octanol–water partition coefficient (Wildman–Crippen LogP) is 2.93. The Kier molecular flexibility index (Phi) is 4.24. The number of allylic oxidation sites excluding steroid dienone is 1. The minimum atomic E-state index is 0.388. The van der Waals surface area contributed by atoms with E-state index in [1.54, 1.807) is 0 Å². The molecule has 1 nitrogen and oxygen atoms in total. The maximum absolute atomic E-state index is 3.34. The van der Waals surface area contributed by atoms with Gasteiger partial charge in [0.15, 0.2) is 0 Å². The highest BCUT2D eigenvalue weighted by atomic mass is 14.9. The van der Waals surface area contributed by atoms with Crippen LogP contribution in [0, 0.1) is 5.41 Å². The van der Waals surface area contributed by atoms with Crippen LogP contribution in [0.5, 0.6) is 0 Å². The Bertz CT molecular complexity index is 125. The van der Waals surface area contributed by atoms with Crippen LogP contribution < -0.4 is 5.32 Å². The Morgan fingerprint density at radius 1 is 1.45 bits per heavy atom. The molecule has 1 N–H and O–H groups in total. The molecule has 0 bridgehead atoms. The van der Waals surface area contributed by atoms with Gasteiger partial charge in [-0.3, -0.25) is 0 Å². The van der Waals surface area contributed by atoms with Crippen LogP contribution in [0.4, 0.5) is 0 Å². The molecule has 0 aliphatic rings. The first-order valence-electron chi connectivity index (χ1n) is 4.41. The van der Waals surface area contributed by atoms with Gasteiger partial charge in [-0.1, -0.05) is 26.8 Å². The molecule has 0 aliphatic heterocycles. The molecule has 0 aromatic carbocycles. The Balaban J connectivity index is 3.90. The van der Waals surface area contributed by atoms with E-state index in [0.29, 0.717) is 11.5 Å². The molecule has 11 heavy (non-hydrogen) atoms. The summed E-state index contributed by atoms with van der Waals surface area (Å²) in [7, 11) is 0. The third-order valence-electron chi connectivity index (χ3n) is 2.60. The van der Waals surface area contributed by atoms with Crippen molar-refractivity contribution in [1.82, 2.24) is 5.32 Å². The third-order valence-corrected chi connectivity index (χ3v) is 2.60. The van der Waals surface area contributed by atoms with Gasteiger partial charge in [0, 0.05) is 6.04 Å². The lowest BCUT2D eigenvalue weighted by Crippen LogP contribution is -2.36. The Labute approximate surface area is 70.9 Å². The van der Waals surface area contributed by atoms with Crippen LogP contribution in [-0.4, -0.2) is 6.04 Å². The van der Waals surface area contributed by atoms with Gasteiger partial charge in [-0.15, -0.1) is 0 Å². The second kappa shape index (κ2) is 4.42. The van der Waals surface area contributed by atoms with Crippen LogP contribution in [0.1, 0.15) is 41.0 Å². The summed E-state index contributed by atoms with van der Waals surface area (Å²) in [5.74, 6) is 0. The smallest absolute Gasteiger partial charge is 0.0278 e. The van der Waals surface area contributed by atoms with Crippen molar-refractivity contribution in [2.45, 2.75) is 47.1 Å². The SMILES string of the molecule is CC=CNC(C)C(C)(C)CC. The van der Waals surface area contributed by atoms with Crippen LogP contribution in [-0.2, 0) is 0 Å². The van der Waals surface area contributed by atoms with Gasteiger partial charge < -0.3 is 5.32 Å². The molecule has 0 spiro atoms. The second-order valence-corrected chi connectivity index (χ2v) is 3.73. The lowest BCUT2D eigenvalue weighted by Gasteiger charge is -2.30. The normalized spacial score (nSPS) is 15.4. The summed E-state index contributed by atoms with van der Waals surface area (Å²) in [5, 5.41) is 3.34. The zero-order valence-electron chi connectivity index (χ0n) is 8.44. The molecular weight excluding hydrogens is 134 g/mol. The van der Waals surface area contributed by atoms with Crippen molar-refractivity contribution >= 4 is 0 Å². The van der Waals surface area contributed by atoms with Crippen LogP contribution in [0.25, 0.3) is 0 Å². The van der Waals surface area contributed by atoms with E-state index in [-0.39, 0.29) is 0 Å². The van der Waals surface area contributed by atoms with Gasteiger partial charge in [-0.2, -0.15) is 0 Å². The first-order chi connectivity index (χ1) is 5.04. The van der Waals surface area contributed by atoms with Gasteiger partial charge in [0.25, 0.3) is 0 Å². The summed E-state index contributed by atoms with van der Waals surface area (Å²) in [6.07, 6.45) is 5.25. The van der Waals surface area contributed by atoms with E-state index >= 15 is 0 Å². The van der Waals surface area contributed by atoms with Crippen molar-refractivity contribution in [3.8, 4) is 0 Å². The van der Waals surface area contributed by atoms with Crippen LogP contribution >= 0.6 is 0 Å². The second-order valence-electron chi connectivity index (χ2n) is 3.73. The Morgan fingerprint density at radius 2 is 2.00 bits per heavy atom. The summed E-state index contributed by atoms with van der Waals surface area (Å²) in [5.41, 5.74) is 0.388. The van der Waals surface area contributed by atoms with Gasteiger partial charge >= 0.3 is 0 Å². The largest absolute Gasteiger partial charge is 0.388 e. The van der Waals surface area contributed by atoms with Gasteiger partial charge in [0.05, 0.1) is 0 Å². The number of hydrogen-bond acceptors (Lipinski definition) is 1. The molecule has 1 atom stereocenters. The molecule has 0 amide bonds. The minimum Gasteiger partial charge on any atom is -0.388 e. The van der Waals surface area contributed by atoms with Crippen molar-refractivity contribution in [3.63, 3.8) is 0 Å².